The third-order valence-electron chi connectivity index (χ3n) is 3.08. The molecule has 0 saturated heterocycles. The number of H-pyrrole nitrogens is 1. The summed E-state index contributed by atoms with van der Waals surface area (Å²) in [4.78, 5) is 0. The maximum Gasteiger partial charge on any atom is 0.271 e. The molecule has 2 N–H and O–H groups in total. The predicted molar refractivity (Wildman–Crippen MR) is 88.9 cm³/mol. The molecular formula is C14H12ClN3O2S2. The van der Waals surface area contributed by atoms with E-state index in [4.69, 9.17) is 11.6 Å². The van der Waals surface area contributed by atoms with Crippen molar-refractivity contribution in [3.8, 4) is 11.3 Å². The molecule has 3 rings (SSSR count). The summed E-state index contributed by atoms with van der Waals surface area (Å²) in [5, 5.41) is 8.95. The van der Waals surface area contributed by atoms with Crippen LogP contribution in [0.3, 0.4) is 0 Å². The number of rotatable bonds is 4. The second-order valence-corrected chi connectivity index (χ2v) is 7.92. The van der Waals surface area contributed by atoms with Crippen LogP contribution in [0.25, 0.3) is 11.3 Å². The normalized spacial score (nSPS) is 11.5. The van der Waals surface area contributed by atoms with Gasteiger partial charge in [0.05, 0.1) is 11.4 Å². The average molecular weight is 354 g/mol. The summed E-state index contributed by atoms with van der Waals surface area (Å²) in [6.07, 6.45) is 1.62. The van der Waals surface area contributed by atoms with E-state index in [0.717, 1.165) is 28.2 Å². The lowest BCUT2D eigenvalue weighted by atomic mass is 10.2. The van der Waals surface area contributed by atoms with Crippen LogP contribution in [0.1, 0.15) is 5.56 Å². The Balaban J connectivity index is 1.88. The first-order chi connectivity index (χ1) is 10.5. The molecule has 0 unspecified atom stereocenters. The van der Waals surface area contributed by atoms with Crippen molar-refractivity contribution in [2.45, 2.75) is 11.1 Å². The summed E-state index contributed by atoms with van der Waals surface area (Å²) in [7, 11) is -3.64. The van der Waals surface area contributed by atoms with Gasteiger partial charge in [-0.1, -0.05) is 17.7 Å². The highest BCUT2D eigenvalue weighted by atomic mass is 35.5. The minimum atomic E-state index is -3.64. The summed E-state index contributed by atoms with van der Waals surface area (Å²) in [5.41, 5.74) is 2.88. The molecule has 5 nitrogen and oxygen atoms in total. The van der Waals surface area contributed by atoms with E-state index in [1.165, 1.54) is 0 Å². The van der Waals surface area contributed by atoms with Gasteiger partial charge in [-0.2, -0.15) is 5.10 Å². The van der Waals surface area contributed by atoms with Gasteiger partial charge in [0.25, 0.3) is 10.0 Å². The number of hydrogen-bond acceptors (Lipinski definition) is 4. The van der Waals surface area contributed by atoms with Crippen LogP contribution in [-0.4, -0.2) is 18.6 Å². The van der Waals surface area contributed by atoms with Gasteiger partial charge < -0.3 is 0 Å². The van der Waals surface area contributed by atoms with E-state index in [-0.39, 0.29) is 4.21 Å². The lowest BCUT2D eigenvalue weighted by molar-refractivity contribution is 0.603. The summed E-state index contributed by atoms with van der Waals surface area (Å²) >= 11 is 7.17. The van der Waals surface area contributed by atoms with Crippen LogP contribution < -0.4 is 4.72 Å². The molecule has 8 heteroatoms. The Labute approximate surface area is 137 Å². The molecule has 1 aromatic carbocycles. The number of sulfonamides is 1. The highest BCUT2D eigenvalue weighted by Crippen LogP contribution is 2.29. The number of aromatic nitrogens is 2. The van der Waals surface area contributed by atoms with E-state index in [1.54, 1.807) is 41.9 Å². The van der Waals surface area contributed by atoms with Crippen molar-refractivity contribution in [3.63, 3.8) is 0 Å². The molecule has 0 aliphatic rings. The van der Waals surface area contributed by atoms with Crippen LogP contribution >= 0.6 is 22.9 Å². The number of nitrogens with zero attached hydrogens (tertiary/aromatic N) is 1. The quantitative estimate of drug-likeness (QED) is 0.746. The first-order valence-corrected chi connectivity index (χ1v) is 9.07. The van der Waals surface area contributed by atoms with Crippen molar-refractivity contribution in [1.29, 1.82) is 0 Å². The lowest BCUT2D eigenvalue weighted by Crippen LogP contribution is -2.11. The first kappa shape index (κ1) is 15.1. The van der Waals surface area contributed by atoms with E-state index >= 15 is 0 Å². The molecular weight excluding hydrogens is 342 g/mol. The second kappa shape index (κ2) is 5.75. The van der Waals surface area contributed by atoms with E-state index < -0.39 is 10.0 Å². The summed E-state index contributed by atoms with van der Waals surface area (Å²) < 4.78 is 27.6. The molecule has 2 aromatic heterocycles. The predicted octanol–water partition coefficient (Wildman–Crippen LogP) is 3.90. The zero-order chi connectivity index (χ0) is 15.7. The molecule has 0 amide bonds. The van der Waals surface area contributed by atoms with Crippen molar-refractivity contribution >= 4 is 38.6 Å². The molecule has 3 aromatic rings. The third kappa shape index (κ3) is 3.01. The Morgan fingerprint density at radius 1 is 1.27 bits per heavy atom. The fourth-order valence-electron chi connectivity index (χ4n) is 1.88. The number of thiophene rings is 1. The minimum absolute atomic E-state index is 0.230. The molecule has 0 saturated carbocycles. The minimum Gasteiger partial charge on any atom is -0.279 e. The van der Waals surface area contributed by atoms with Gasteiger partial charge in [-0.3, -0.25) is 9.82 Å². The summed E-state index contributed by atoms with van der Waals surface area (Å²) in [6, 6.07) is 8.44. The van der Waals surface area contributed by atoms with Gasteiger partial charge in [-0.15, -0.1) is 11.3 Å². The lowest BCUT2D eigenvalue weighted by Gasteiger charge is -2.07. The Kier molecular flexibility index (Phi) is 3.94. The maximum atomic E-state index is 12.4. The molecule has 0 aliphatic heterocycles. The van der Waals surface area contributed by atoms with E-state index in [2.05, 4.69) is 14.9 Å². The SMILES string of the molecule is Cc1ccc(NS(=O)(=O)c2cc(-c3ccn[nH]3)cs2)cc1Cl. The van der Waals surface area contributed by atoms with Crippen LogP contribution in [-0.2, 0) is 10.0 Å². The van der Waals surface area contributed by atoms with Gasteiger partial charge in [-0.25, -0.2) is 8.42 Å². The molecule has 0 bridgehead atoms. The highest BCUT2D eigenvalue weighted by Gasteiger charge is 2.18. The van der Waals surface area contributed by atoms with Crippen LogP contribution in [0.4, 0.5) is 5.69 Å². The van der Waals surface area contributed by atoms with E-state index in [1.807, 2.05) is 6.92 Å². The van der Waals surface area contributed by atoms with Gasteiger partial charge in [-0.05, 0) is 36.8 Å². The molecule has 0 aliphatic carbocycles. The number of aryl methyl sites for hydroxylation is 1. The Morgan fingerprint density at radius 2 is 2.09 bits per heavy atom. The van der Waals surface area contributed by atoms with Crippen LogP contribution in [0.5, 0.6) is 0 Å². The molecule has 0 radical (unpaired) electrons. The van der Waals surface area contributed by atoms with Gasteiger partial charge in [0, 0.05) is 22.2 Å². The van der Waals surface area contributed by atoms with Gasteiger partial charge >= 0.3 is 0 Å². The smallest absolute Gasteiger partial charge is 0.271 e. The van der Waals surface area contributed by atoms with E-state index in [9.17, 15) is 8.42 Å². The van der Waals surface area contributed by atoms with Gasteiger partial charge in [0.2, 0.25) is 0 Å². The number of halogens is 1. The monoisotopic (exact) mass is 353 g/mol. The molecule has 0 fully saturated rings. The zero-order valence-electron chi connectivity index (χ0n) is 11.5. The molecule has 0 atom stereocenters. The van der Waals surface area contributed by atoms with Gasteiger partial charge in [0.15, 0.2) is 0 Å². The topological polar surface area (TPSA) is 74.8 Å². The number of anilines is 1. The number of hydrogen-bond donors (Lipinski definition) is 2. The van der Waals surface area contributed by atoms with Crippen LogP contribution in [0.2, 0.25) is 5.02 Å². The molecule has 22 heavy (non-hydrogen) atoms. The van der Waals surface area contributed by atoms with E-state index in [0.29, 0.717) is 10.7 Å². The Hall–Kier alpha value is -1.83. The van der Waals surface area contributed by atoms with Crippen LogP contribution in [0, 0.1) is 6.92 Å². The fourth-order valence-corrected chi connectivity index (χ4v) is 4.29. The summed E-state index contributed by atoms with van der Waals surface area (Å²) in [6.45, 7) is 1.86. The molecule has 0 spiro atoms. The van der Waals surface area contributed by atoms with Crippen molar-refractivity contribution in [2.75, 3.05) is 4.72 Å². The largest absolute Gasteiger partial charge is 0.279 e. The van der Waals surface area contributed by atoms with Crippen molar-refractivity contribution in [2.24, 2.45) is 0 Å². The van der Waals surface area contributed by atoms with Gasteiger partial charge in [0.1, 0.15) is 4.21 Å². The third-order valence-corrected chi connectivity index (χ3v) is 6.30. The summed E-state index contributed by atoms with van der Waals surface area (Å²) in [5.74, 6) is 0. The average Bonchev–Trinajstić information content (AvgIpc) is 3.12. The second-order valence-electron chi connectivity index (χ2n) is 4.69. The van der Waals surface area contributed by atoms with Crippen molar-refractivity contribution in [3.05, 3.63) is 52.5 Å². The number of nitrogens with one attached hydrogen (secondary N) is 2. The zero-order valence-corrected chi connectivity index (χ0v) is 13.9. The standard InChI is InChI=1S/C14H12ClN3O2S2/c1-9-2-3-11(7-12(9)15)18-22(19,20)14-6-10(8-21-14)13-4-5-16-17-13/h2-8,18H,1H3,(H,16,17). The Bertz CT molecular complexity index is 902. The fraction of sp³-hybridized carbons (Fsp3) is 0.0714. The van der Waals surface area contributed by atoms with Crippen LogP contribution in [0.15, 0.2) is 46.1 Å². The number of benzene rings is 1. The molecule has 114 valence electrons. The first-order valence-electron chi connectivity index (χ1n) is 6.33. The van der Waals surface area contributed by atoms with Crippen molar-refractivity contribution in [1.82, 2.24) is 10.2 Å². The van der Waals surface area contributed by atoms with Crippen molar-refractivity contribution < 1.29 is 8.42 Å². The Morgan fingerprint density at radius 3 is 2.77 bits per heavy atom. The highest BCUT2D eigenvalue weighted by molar-refractivity contribution is 7.94. The number of aromatic amines is 1. The maximum absolute atomic E-state index is 12.4. The molecule has 2 heterocycles.